The summed E-state index contributed by atoms with van der Waals surface area (Å²) in [6.07, 6.45) is -4.69. The predicted octanol–water partition coefficient (Wildman–Crippen LogP) is 5.28. The van der Waals surface area contributed by atoms with Gasteiger partial charge in [-0.25, -0.2) is 13.1 Å². The van der Waals surface area contributed by atoms with Crippen LogP contribution in [0.5, 0.6) is 5.75 Å². The molecular formula is C21H17ClF3N3O3S. The summed E-state index contributed by atoms with van der Waals surface area (Å²) >= 11 is 5.97. The minimum Gasteiger partial charge on any atom is -0.497 e. The first-order chi connectivity index (χ1) is 15.0. The van der Waals surface area contributed by atoms with Gasteiger partial charge in [0.1, 0.15) is 17.6 Å². The first-order valence-electron chi connectivity index (χ1n) is 9.31. The van der Waals surface area contributed by atoms with Crippen LogP contribution in [-0.4, -0.2) is 25.3 Å². The van der Waals surface area contributed by atoms with Crippen molar-refractivity contribution in [2.24, 2.45) is 0 Å². The van der Waals surface area contributed by atoms with Gasteiger partial charge in [-0.2, -0.15) is 18.3 Å². The SMILES string of the molecule is COc1ccc(S(=O)(=O)C2=C(C)Nc3cc(C(F)(F)F)nn3C2c2ccc(Cl)cc2)cc1. The van der Waals surface area contributed by atoms with E-state index in [0.717, 1.165) is 10.7 Å². The fraction of sp³-hybridized carbons (Fsp3) is 0.190. The lowest BCUT2D eigenvalue weighted by Gasteiger charge is -2.30. The number of sulfone groups is 1. The van der Waals surface area contributed by atoms with Crippen LogP contribution in [0.2, 0.25) is 5.02 Å². The van der Waals surface area contributed by atoms with Gasteiger partial charge in [-0.3, -0.25) is 0 Å². The number of ether oxygens (including phenoxy) is 1. The highest BCUT2D eigenvalue weighted by Gasteiger charge is 2.41. The average molecular weight is 484 g/mol. The number of alkyl halides is 3. The Balaban J connectivity index is 1.93. The van der Waals surface area contributed by atoms with E-state index in [2.05, 4.69) is 10.4 Å². The highest BCUT2D eigenvalue weighted by atomic mass is 35.5. The van der Waals surface area contributed by atoms with E-state index in [-0.39, 0.29) is 21.3 Å². The molecule has 11 heteroatoms. The zero-order valence-corrected chi connectivity index (χ0v) is 18.4. The third kappa shape index (κ3) is 3.84. The first-order valence-corrected chi connectivity index (χ1v) is 11.2. The number of aromatic nitrogens is 2. The molecule has 0 amide bonds. The molecular weight excluding hydrogens is 467 g/mol. The number of rotatable bonds is 4. The van der Waals surface area contributed by atoms with E-state index in [1.165, 1.54) is 38.3 Å². The molecule has 6 nitrogen and oxygen atoms in total. The van der Waals surface area contributed by atoms with Gasteiger partial charge in [-0.1, -0.05) is 23.7 Å². The molecule has 0 fully saturated rings. The average Bonchev–Trinajstić information content (AvgIpc) is 3.17. The Morgan fingerprint density at radius 1 is 1.09 bits per heavy atom. The standard InChI is InChI=1S/C21H17ClF3N3O3S/c1-12-20(32(29,30)16-9-7-15(31-2)8-10-16)19(13-3-5-14(22)6-4-13)28-18(26-12)11-17(27-28)21(23,24)25/h3-11,19,26H,1-2H3. The van der Waals surface area contributed by atoms with Crippen LogP contribution in [0.4, 0.5) is 19.0 Å². The molecule has 1 aliphatic heterocycles. The van der Waals surface area contributed by atoms with Gasteiger partial charge in [0.2, 0.25) is 9.84 Å². The van der Waals surface area contributed by atoms with Crippen LogP contribution >= 0.6 is 11.6 Å². The highest BCUT2D eigenvalue weighted by molar-refractivity contribution is 7.95. The summed E-state index contributed by atoms with van der Waals surface area (Å²) in [4.78, 5) is -0.144. The molecule has 3 aromatic rings. The van der Waals surface area contributed by atoms with E-state index in [1.54, 1.807) is 24.3 Å². The lowest BCUT2D eigenvalue weighted by Crippen LogP contribution is -2.28. The molecule has 0 saturated carbocycles. The van der Waals surface area contributed by atoms with Gasteiger partial charge in [0.05, 0.1) is 16.9 Å². The van der Waals surface area contributed by atoms with E-state index in [4.69, 9.17) is 16.3 Å². The van der Waals surface area contributed by atoms with Crippen LogP contribution in [0.1, 0.15) is 24.2 Å². The largest absolute Gasteiger partial charge is 0.497 e. The number of hydrogen-bond donors (Lipinski definition) is 1. The van der Waals surface area contributed by atoms with E-state index in [1.807, 2.05) is 0 Å². The second kappa shape index (κ2) is 7.86. The maximum absolute atomic E-state index is 13.6. The molecule has 0 radical (unpaired) electrons. The Hall–Kier alpha value is -2.98. The monoisotopic (exact) mass is 483 g/mol. The number of halogens is 4. The number of anilines is 1. The number of hydrogen-bond acceptors (Lipinski definition) is 5. The molecule has 0 saturated heterocycles. The summed E-state index contributed by atoms with van der Waals surface area (Å²) in [6.45, 7) is 1.50. The first kappa shape index (κ1) is 22.2. The minimum atomic E-state index is -4.69. The Labute approximate surface area is 187 Å². The number of fused-ring (bicyclic) bond motifs is 1. The maximum Gasteiger partial charge on any atom is 0.435 e. The Kier molecular flexibility index (Phi) is 5.46. The topological polar surface area (TPSA) is 73.2 Å². The number of nitrogens with zero attached hydrogens (tertiary/aromatic N) is 2. The van der Waals surface area contributed by atoms with E-state index in [9.17, 15) is 21.6 Å². The van der Waals surface area contributed by atoms with Crippen molar-refractivity contribution in [2.45, 2.75) is 24.0 Å². The normalized spacial score (nSPS) is 16.5. The van der Waals surface area contributed by atoms with Crippen LogP contribution in [0, 0.1) is 0 Å². The van der Waals surface area contributed by atoms with Crippen molar-refractivity contribution in [3.63, 3.8) is 0 Å². The second-order valence-corrected chi connectivity index (χ2v) is 9.46. The third-order valence-electron chi connectivity index (χ3n) is 5.05. The molecule has 1 atom stereocenters. The van der Waals surface area contributed by atoms with Crippen LogP contribution in [-0.2, 0) is 16.0 Å². The lowest BCUT2D eigenvalue weighted by atomic mass is 10.0. The van der Waals surface area contributed by atoms with E-state index < -0.39 is 27.7 Å². The maximum atomic E-state index is 13.6. The Bertz CT molecular complexity index is 1300. The van der Waals surface area contributed by atoms with Crippen molar-refractivity contribution in [3.8, 4) is 5.75 Å². The molecule has 2 aromatic carbocycles. The number of benzene rings is 2. The van der Waals surface area contributed by atoms with Crippen LogP contribution in [0.3, 0.4) is 0 Å². The number of allylic oxidation sites excluding steroid dienone is 2. The zero-order chi connectivity index (χ0) is 23.3. The van der Waals surface area contributed by atoms with Gasteiger partial charge in [-0.05, 0) is 48.9 Å². The van der Waals surface area contributed by atoms with Crippen LogP contribution < -0.4 is 10.1 Å². The molecule has 2 heterocycles. The Morgan fingerprint density at radius 3 is 2.28 bits per heavy atom. The molecule has 1 aromatic heterocycles. The van der Waals surface area contributed by atoms with Crippen molar-refractivity contribution in [2.75, 3.05) is 12.4 Å². The van der Waals surface area contributed by atoms with Crippen molar-refractivity contribution < 1.29 is 26.3 Å². The molecule has 4 rings (SSSR count). The van der Waals surface area contributed by atoms with Gasteiger partial charge < -0.3 is 10.1 Å². The summed E-state index contributed by atoms with van der Waals surface area (Å²) < 4.78 is 73.5. The van der Waals surface area contributed by atoms with Crippen molar-refractivity contribution in [3.05, 3.63) is 81.5 Å². The summed E-state index contributed by atoms with van der Waals surface area (Å²) in [6, 6.07) is 11.7. The molecule has 1 unspecified atom stereocenters. The van der Waals surface area contributed by atoms with Gasteiger partial charge in [-0.15, -0.1) is 0 Å². The molecule has 168 valence electrons. The molecule has 0 bridgehead atoms. The van der Waals surface area contributed by atoms with Crippen molar-refractivity contribution >= 4 is 27.3 Å². The number of nitrogens with one attached hydrogen (secondary N) is 1. The molecule has 1 N–H and O–H groups in total. The van der Waals surface area contributed by atoms with E-state index >= 15 is 0 Å². The van der Waals surface area contributed by atoms with Crippen molar-refractivity contribution in [1.29, 1.82) is 0 Å². The molecule has 1 aliphatic rings. The van der Waals surface area contributed by atoms with Gasteiger partial charge >= 0.3 is 6.18 Å². The van der Waals surface area contributed by atoms with Gasteiger partial charge in [0.15, 0.2) is 5.69 Å². The predicted molar refractivity (Wildman–Crippen MR) is 113 cm³/mol. The number of methoxy groups -OCH3 is 1. The Morgan fingerprint density at radius 2 is 1.72 bits per heavy atom. The smallest absolute Gasteiger partial charge is 0.435 e. The summed E-state index contributed by atoms with van der Waals surface area (Å²) in [5.74, 6) is 0.498. The fourth-order valence-corrected chi connectivity index (χ4v) is 5.42. The van der Waals surface area contributed by atoms with Gasteiger partial charge in [0.25, 0.3) is 0 Å². The third-order valence-corrected chi connectivity index (χ3v) is 7.30. The lowest BCUT2D eigenvalue weighted by molar-refractivity contribution is -0.141. The summed E-state index contributed by atoms with van der Waals surface area (Å²) in [5.41, 5.74) is -0.517. The minimum absolute atomic E-state index is 0.0277. The van der Waals surface area contributed by atoms with Crippen LogP contribution in [0.15, 0.2) is 70.1 Å². The summed E-state index contributed by atoms with van der Waals surface area (Å²) in [7, 11) is -2.67. The quantitative estimate of drug-likeness (QED) is 0.546. The summed E-state index contributed by atoms with van der Waals surface area (Å²) in [5, 5.41) is 6.86. The van der Waals surface area contributed by atoms with Crippen molar-refractivity contribution in [1.82, 2.24) is 9.78 Å². The fourth-order valence-electron chi connectivity index (χ4n) is 3.56. The second-order valence-electron chi connectivity index (χ2n) is 7.10. The molecule has 0 spiro atoms. The highest BCUT2D eigenvalue weighted by Crippen LogP contribution is 2.43. The zero-order valence-electron chi connectivity index (χ0n) is 16.8. The van der Waals surface area contributed by atoms with Gasteiger partial charge in [0, 0.05) is 16.8 Å². The molecule has 0 aliphatic carbocycles. The van der Waals surface area contributed by atoms with E-state index in [0.29, 0.717) is 16.3 Å². The molecule has 32 heavy (non-hydrogen) atoms. The van der Waals surface area contributed by atoms with Crippen LogP contribution in [0.25, 0.3) is 0 Å².